The lowest BCUT2D eigenvalue weighted by molar-refractivity contribution is 0.0313. The Morgan fingerprint density at radius 2 is 2.00 bits per heavy atom. The number of ether oxygens (including phenoxy) is 1. The van der Waals surface area contributed by atoms with Gasteiger partial charge < -0.3 is 15.8 Å². The van der Waals surface area contributed by atoms with Gasteiger partial charge in [0, 0.05) is 18.7 Å². The Morgan fingerprint density at radius 3 is 2.75 bits per heavy atom. The molecule has 2 aliphatic rings. The van der Waals surface area contributed by atoms with Crippen LogP contribution in [0.2, 0.25) is 0 Å². The Bertz CT molecular complexity index is 210. The summed E-state index contributed by atoms with van der Waals surface area (Å²) in [7, 11) is 0. The molecule has 94 valence electrons. The molecule has 3 heteroatoms. The first-order chi connectivity index (χ1) is 7.81. The zero-order valence-electron chi connectivity index (χ0n) is 10.5. The van der Waals surface area contributed by atoms with Crippen LogP contribution in [0.5, 0.6) is 0 Å². The molecule has 2 rings (SSSR count). The lowest BCUT2D eigenvalue weighted by atomic mass is 9.83. The largest absolute Gasteiger partial charge is 0.381 e. The summed E-state index contributed by atoms with van der Waals surface area (Å²) in [4.78, 5) is 0. The molecule has 1 aliphatic heterocycles. The van der Waals surface area contributed by atoms with Crippen LogP contribution in [0.4, 0.5) is 0 Å². The van der Waals surface area contributed by atoms with Crippen molar-refractivity contribution in [1.29, 1.82) is 0 Å². The van der Waals surface area contributed by atoms with Crippen LogP contribution in [0.15, 0.2) is 0 Å². The summed E-state index contributed by atoms with van der Waals surface area (Å²) in [6, 6.07) is 1.30. The van der Waals surface area contributed by atoms with Crippen LogP contribution in [-0.4, -0.2) is 31.8 Å². The number of nitrogens with one attached hydrogen (secondary N) is 1. The van der Waals surface area contributed by atoms with Crippen LogP contribution in [0.1, 0.15) is 39.0 Å². The zero-order chi connectivity index (χ0) is 11.4. The Labute approximate surface area is 99.1 Å². The quantitative estimate of drug-likeness (QED) is 0.767. The third kappa shape index (κ3) is 2.96. The van der Waals surface area contributed by atoms with E-state index < -0.39 is 0 Å². The summed E-state index contributed by atoms with van der Waals surface area (Å²) in [5, 5.41) is 3.85. The summed E-state index contributed by atoms with van der Waals surface area (Å²) in [5.74, 6) is 1.35. The van der Waals surface area contributed by atoms with E-state index in [4.69, 9.17) is 10.5 Å². The summed E-state index contributed by atoms with van der Waals surface area (Å²) < 4.78 is 5.49. The molecule has 4 unspecified atom stereocenters. The van der Waals surface area contributed by atoms with Gasteiger partial charge in [0.15, 0.2) is 0 Å². The molecule has 1 saturated carbocycles. The molecular weight excluding hydrogens is 200 g/mol. The lowest BCUT2D eigenvalue weighted by Crippen LogP contribution is -2.51. The fourth-order valence-corrected chi connectivity index (χ4v) is 3.11. The second-order valence-corrected chi connectivity index (χ2v) is 5.50. The standard InChI is InChI=1S/C13H26N2O/c1-10-9-16-7-6-12(10)15-13-5-3-2-4-11(13)8-14/h10-13,15H,2-9,14H2,1H3. The Kier molecular flexibility index (Phi) is 4.62. The van der Waals surface area contributed by atoms with Gasteiger partial charge in [0.2, 0.25) is 0 Å². The van der Waals surface area contributed by atoms with Crippen molar-refractivity contribution < 1.29 is 4.74 Å². The van der Waals surface area contributed by atoms with E-state index in [0.717, 1.165) is 26.2 Å². The van der Waals surface area contributed by atoms with Gasteiger partial charge in [-0.05, 0) is 37.6 Å². The van der Waals surface area contributed by atoms with Gasteiger partial charge in [-0.15, -0.1) is 0 Å². The minimum atomic E-state index is 0.644. The Balaban J connectivity index is 1.86. The van der Waals surface area contributed by atoms with E-state index in [2.05, 4.69) is 12.2 Å². The van der Waals surface area contributed by atoms with Crippen molar-refractivity contribution in [2.75, 3.05) is 19.8 Å². The molecule has 1 heterocycles. The predicted molar refractivity (Wildman–Crippen MR) is 66.3 cm³/mol. The second kappa shape index (κ2) is 5.99. The summed E-state index contributed by atoms with van der Waals surface area (Å²) in [6.45, 7) is 4.96. The smallest absolute Gasteiger partial charge is 0.0506 e. The van der Waals surface area contributed by atoms with Crippen LogP contribution in [0.3, 0.4) is 0 Å². The number of hydrogen-bond donors (Lipinski definition) is 2. The zero-order valence-corrected chi connectivity index (χ0v) is 10.5. The molecule has 0 spiro atoms. The van der Waals surface area contributed by atoms with E-state index in [-0.39, 0.29) is 0 Å². The van der Waals surface area contributed by atoms with Gasteiger partial charge in [0.05, 0.1) is 6.61 Å². The molecular formula is C13H26N2O. The normalized spacial score (nSPS) is 40.9. The fourth-order valence-electron chi connectivity index (χ4n) is 3.11. The highest BCUT2D eigenvalue weighted by Crippen LogP contribution is 2.25. The molecule has 0 aromatic rings. The highest BCUT2D eigenvalue weighted by Gasteiger charge is 2.29. The van der Waals surface area contributed by atoms with Gasteiger partial charge in [-0.2, -0.15) is 0 Å². The van der Waals surface area contributed by atoms with Gasteiger partial charge in [-0.1, -0.05) is 19.8 Å². The van der Waals surface area contributed by atoms with Crippen molar-refractivity contribution in [3.05, 3.63) is 0 Å². The second-order valence-electron chi connectivity index (χ2n) is 5.50. The predicted octanol–water partition coefficient (Wildman–Crippen LogP) is 1.52. The fraction of sp³-hybridized carbons (Fsp3) is 1.00. The van der Waals surface area contributed by atoms with E-state index in [1.54, 1.807) is 0 Å². The van der Waals surface area contributed by atoms with E-state index in [9.17, 15) is 0 Å². The molecule has 0 aromatic carbocycles. The van der Waals surface area contributed by atoms with Gasteiger partial charge in [-0.3, -0.25) is 0 Å². The van der Waals surface area contributed by atoms with Crippen LogP contribution >= 0.6 is 0 Å². The molecule has 2 fully saturated rings. The maximum absolute atomic E-state index is 5.87. The average molecular weight is 226 g/mol. The van der Waals surface area contributed by atoms with Crippen molar-refractivity contribution in [1.82, 2.24) is 5.32 Å². The molecule has 4 atom stereocenters. The number of hydrogen-bond acceptors (Lipinski definition) is 3. The topological polar surface area (TPSA) is 47.3 Å². The highest BCUT2D eigenvalue weighted by atomic mass is 16.5. The first-order valence-corrected chi connectivity index (χ1v) is 6.85. The molecule has 3 nitrogen and oxygen atoms in total. The highest BCUT2D eigenvalue weighted by molar-refractivity contribution is 4.87. The van der Waals surface area contributed by atoms with Crippen molar-refractivity contribution in [2.24, 2.45) is 17.6 Å². The van der Waals surface area contributed by atoms with Crippen LogP contribution in [0.25, 0.3) is 0 Å². The van der Waals surface area contributed by atoms with Crippen molar-refractivity contribution in [3.63, 3.8) is 0 Å². The van der Waals surface area contributed by atoms with E-state index in [1.807, 2.05) is 0 Å². The van der Waals surface area contributed by atoms with Crippen LogP contribution in [-0.2, 0) is 4.74 Å². The summed E-state index contributed by atoms with van der Waals surface area (Å²) in [6.07, 6.45) is 6.52. The third-order valence-electron chi connectivity index (χ3n) is 4.28. The van der Waals surface area contributed by atoms with Gasteiger partial charge in [0.25, 0.3) is 0 Å². The molecule has 16 heavy (non-hydrogen) atoms. The Morgan fingerprint density at radius 1 is 1.19 bits per heavy atom. The van der Waals surface area contributed by atoms with Gasteiger partial charge in [0.1, 0.15) is 0 Å². The van der Waals surface area contributed by atoms with Gasteiger partial charge >= 0.3 is 0 Å². The van der Waals surface area contributed by atoms with Crippen molar-refractivity contribution in [2.45, 2.75) is 51.1 Å². The SMILES string of the molecule is CC1COCCC1NC1CCCCC1CN. The molecule has 1 saturated heterocycles. The molecule has 0 aromatic heterocycles. The molecule has 3 N–H and O–H groups in total. The minimum Gasteiger partial charge on any atom is -0.381 e. The molecule has 1 aliphatic carbocycles. The van der Waals surface area contributed by atoms with E-state index in [1.165, 1.54) is 25.7 Å². The van der Waals surface area contributed by atoms with Crippen molar-refractivity contribution in [3.8, 4) is 0 Å². The number of rotatable bonds is 3. The molecule has 0 radical (unpaired) electrons. The van der Waals surface area contributed by atoms with Crippen LogP contribution < -0.4 is 11.1 Å². The third-order valence-corrected chi connectivity index (χ3v) is 4.28. The lowest BCUT2D eigenvalue weighted by Gasteiger charge is -2.38. The maximum atomic E-state index is 5.87. The monoisotopic (exact) mass is 226 g/mol. The van der Waals surface area contributed by atoms with E-state index in [0.29, 0.717) is 23.9 Å². The molecule has 0 bridgehead atoms. The van der Waals surface area contributed by atoms with Crippen LogP contribution in [0, 0.1) is 11.8 Å². The minimum absolute atomic E-state index is 0.644. The first-order valence-electron chi connectivity index (χ1n) is 6.85. The van der Waals surface area contributed by atoms with Crippen molar-refractivity contribution >= 4 is 0 Å². The first kappa shape index (κ1) is 12.3. The number of nitrogens with two attached hydrogens (primary N) is 1. The molecule has 0 amide bonds. The van der Waals surface area contributed by atoms with Gasteiger partial charge in [-0.25, -0.2) is 0 Å². The summed E-state index contributed by atoms with van der Waals surface area (Å²) in [5.41, 5.74) is 5.87. The average Bonchev–Trinajstić information content (AvgIpc) is 2.33. The van der Waals surface area contributed by atoms with E-state index >= 15 is 0 Å². The summed E-state index contributed by atoms with van der Waals surface area (Å²) >= 11 is 0. The maximum Gasteiger partial charge on any atom is 0.0506 e. The Hall–Kier alpha value is -0.120.